The van der Waals surface area contributed by atoms with Gasteiger partial charge >= 0.3 is 0 Å². The summed E-state index contributed by atoms with van der Waals surface area (Å²) in [5, 5.41) is 0.561. The van der Waals surface area contributed by atoms with Crippen LogP contribution in [0.25, 0.3) is 10.8 Å². The second-order valence-corrected chi connectivity index (χ2v) is 8.48. The molecule has 1 N–H and O–H groups in total. The lowest BCUT2D eigenvalue weighted by Gasteiger charge is -2.10. The highest BCUT2D eigenvalue weighted by Crippen LogP contribution is 2.37. The van der Waals surface area contributed by atoms with Crippen LogP contribution < -0.4 is 0 Å². The molecule has 0 amide bonds. The van der Waals surface area contributed by atoms with Crippen molar-refractivity contribution in [2.24, 2.45) is 0 Å². The van der Waals surface area contributed by atoms with E-state index >= 15 is 0 Å². The molecule has 1 heterocycles. The maximum atomic E-state index is 11.5. The van der Waals surface area contributed by atoms with Gasteiger partial charge in [-0.1, -0.05) is 12.1 Å². The van der Waals surface area contributed by atoms with Crippen molar-refractivity contribution in [1.82, 2.24) is 0 Å². The van der Waals surface area contributed by atoms with Crippen LogP contribution >= 0.6 is 0 Å². The summed E-state index contributed by atoms with van der Waals surface area (Å²) in [6.07, 6.45) is 0. The molecule has 0 aromatic heterocycles. The Morgan fingerprint density at radius 2 is 1.81 bits per heavy atom. The predicted octanol–water partition coefficient (Wildman–Crippen LogP) is 0.986. The third kappa shape index (κ3) is 2.17. The Balaban J connectivity index is 2.65. The summed E-state index contributed by atoms with van der Waals surface area (Å²) in [7, 11) is -9.53. The highest BCUT2D eigenvalue weighted by atomic mass is 32.2. The highest BCUT2D eigenvalue weighted by molar-refractivity contribution is 7.87. The van der Waals surface area contributed by atoms with Crippen molar-refractivity contribution in [3.8, 4) is 0 Å². The summed E-state index contributed by atoms with van der Waals surface area (Å²) in [6.45, 7) is 1.74. The van der Waals surface area contributed by atoms with Crippen molar-refractivity contribution in [1.29, 1.82) is 0 Å². The molecule has 2 aromatic rings. The van der Waals surface area contributed by atoms with Crippen LogP contribution in [-0.4, -0.2) is 30.8 Å². The quantitative estimate of drug-likeness (QED) is 0.494. The van der Waals surface area contributed by atoms with Gasteiger partial charge in [-0.3, -0.25) is 4.55 Å². The minimum Gasteiger partial charge on any atom is -0.744 e. The van der Waals surface area contributed by atoms with Crippen molar-refractivity contribution in [3.63, 3.8) is 0 Å². The van der Waals surface area contributed by atoms with Gasteiger partial charge in [0.25, 0.3) is 15.0 Å². The predicted molar refractivity (Wildman–Crippen MR) is 77.1 cm³/mol. The standard InChI is InChI=1S/C12H8O6S3/c1-6-7-3-2-4-8-9(20(13,14)15)5-10(21(16,17)18)12(19-6)11(7)8/h2-5H,1H3,(H-,13,14,15,16,17,18). The van der Waals surface area contributed by atoms with E-state index in [1.807, 2.05) is 0 Å². The first-order valence-corrected chi connectivity index (χ1v) is 9.32. The minimum atomic E-state index is -4.87. The fourth-order valence-corrected chi connectivity index (χ4v) is 5.27. The van der Waals surface area contributed by atoms with E-state index in [0.717, 1.165) is 22.3 Å². The first-order valence-electron chi connectivity index (χ1n) is 5.65. The molecule has 3 rings (SSSR count). The number of hydrogen-bond acceptors (Lipinski definition) is 5. The topological polar surface area (TPSA) is 112 Å². The second-order valence-electron chi connectivity index (χ2n) is 4.52. The summed E-state index contributed by atoms with van der Waals surface area (Å²) in [4.78, 5) is -0.238. The van der Waals surface area contributed by atoms with E-state index in [4.69, 9.17) is 0 Å². The van der Waals surface area contributed by atoms with Gasteiger partial charge in [-0.05, 0) is 12.1 Å². The maximum absolute atomic E-state index is 11.5. The van der Waals surface area contributed by atoms with Crippen molar-refractivity contribution in [3.05, 3.63) is 29.8 Å². The average molecular weight is 344 g/mol. The molecule has 0 radical (unpaired) electrons. The summed E-state index contributed by atoms with van der Waals surface area (Å²) in [5.41, 5.74) is 0.655. The third-order valence-electron chi connectivity index (χ3n) is 3.22. The first kappa shape index (κ1) is 14.5. The van der Waals surface area contributed by atoms with Gasteiger partial charge in [-0.2, -0.15) is 8.42 Å². The van der Waals surface area contributed by atoms with Gasteiger partial charge in [-0.25, -0.2) is 8.42 Å². The minimum absolute atomic E-state index is 0.196. The van der Waals surface area contributed by atoms with E-state index < -0.39 is 30.0 Å². The molecule has 6 nitrogen and oxygen atoms in total. The SMILES string of the molecule is CC1=[S+]c2c(S(=O)(=O)[O-])cc(S(=O)(=O)O)c3cccc1c23. The second kappa shape index (κ2) is 4.31. The van der Waals surface area contributed by atoms with Crippen LogP contribution in [0.1, 0.15) is 12.5 Å². The zero-order valence-electron chi connectivity index (χ0n) is 10.5. The monoisotopic (exact) mass is 344 g/mol. The molecule has 0 saturated heterocycles. The molecule has 1 aliphatic heterocycles. The largest absolute Gasteiger partial charge is 0.744 e. The van der Waals surface area contributed by atoms with E-state index in [2.05, 4.69) is 0 Å². The van der Waals surface area contributed by atoms with Gasteiger partial charge < -0.3 is 4.55 Å². The van der Waals surface area contributed by atoms with E-state index in [-0.39, 0.29) is 10.3 Å². The highest BCUT2D eigenvalue weighted by Gasteiger charge is 2.34. The Labute approximate surface area is 124 Å². The van der Waals surface area contributed by atoms with E-state index in [0.29, 0.717) is 10.9 Å². The van der Waals surface area contributed by atoms with E-state index in [1.54, 1.807) is 19.1 Å². The molecule has 21 heavy (non-hydrogen) atoms. The van der Waals surface area contributed by atoms with E-state index in [1.165, 1.54) is 6.07 Å². The van der Waals surface area contributed by atoms with Crippen molar-refractivity contribution < 1.29 is 25.9 Å². The summed E-state index contributed by atoms with van der Waals surface area (Å²) >= 11 is 1.10. The molecule has 2 aromatic carbocycles. The van der Waals surface area contributed by atoms with Gasteiger partial charge in [0, 0.05) is 17.9 Å². The van der Waals surface area contributed by atoms with Gasteiger partial charge in [0.1, 0.15) is 19.9 Å². The van der Waals surface area contributed by atoms with Crippen LogP contribution in [0.4, 0.5) is 0 Å². The molecule has 1 aliphatic rings. The zero-order valence-corrected chi connectivity index (χ0v) is 13.0. The molecule has 9 heteroatoms. The van der Waals surface area contributed by atoms with E-state index in [9.17, 15) is 25.9 Å². The van der Waals surface area contributed by atoms with Crippen molar-refractivity contribution >= 4 is 47.2 Å². The van der Waals surface area contributed by atoms with Crippen LogP contribution in [0.15, 0.2) is 39.0 Å². The Bertz CT molecular complexity index is 1030. The lowest BCUT2D eigenvalue weighted by atomic mass is 10.0. The lowest BCUT2D eigenvalue weighted by Crippen LogP contribution is -2.06. The fourth-order valence-electron chi connectivity index (χ4n) is 2.39. The molecular weight excluding hydrogens is 336 g/mol. The average Bonchev–Trinajstić information content (AvgIpc) is 2.66. The molecule has 110 valence electrons. The molecule has 0 spiro atoms. The normalized spacial score (nSPS) is 14.5. The van der Waals surface area contributed by atoms with Crippen LogP contribution in [0.3, 0.4) is 0 Å². The van der Waals surface area contributed by atoms with Crippen molar-refractivity contribution in [2.45, 2.75) is 21.6 Å². The summed E-state index contributed by atoms with van der Waals surface area (Å²) in [5.74, 6) is 0. The Morgan fingerprint density at radius 3 is 2.38 bits per heavy atom. The van der Waals surface area contributed by atoms with Crippen LogP contribution in [-0.2, 0) is 31.6 Å². The number of rotatable bonds is 2. The van der Waals surface area contributed by atoms with Crippen LogP contribution in [0, 0.1) is 0 Å². The van der Waals surface area contributed by atoms with Gasteiger partial charge in [0.15, 0.2) is 0 Å². The smallest absolute Gasteiger partial charge is 0.295 e. The lowest BCUT2D eigenvalue weighted by molar-refractivity contribution is 0.461. The Kier molecular flexibility index (Phi) is 2.98. The molecule has 0 unspecified atom stereocenters. The number of benzene rings is 2. The third-order valence-corrected chi connectivity index (χ3v) is 6.26. The molecular formula is C12H8O6S3. The Hall–Kier alpha value is -1.39. The van der Waals surface area contributed by atoms with Crippen LogP contribution in [0.5, 0.6) is 0 Å². The molecule has 0 atom stereocenters. The van der Waals surface area contributed by atoms with Crippen LogP contribution in [0.2, 0.25) is 0 Å². The zero-order chi connectivity index (χ0) is 15.6. The maximum Gasteiger partial charge on any atom is 0.295 e. The van der Waals surface area contributed by atoms with Crippen molar-refractivity contribution in [2.75, 3.05) is 0 Å². The van der Waals surface area contributed by atoms with Gasteiger partial charge in [0.05, 0.1) is 5.39 Å². The first-order chi connectivity index (χ1) is 9.60. The summed E-state index contributed by atoms with van der Waals surface area (Å²) < 4.78 is 66.5. The summed E-state index contributed by atoms with van der Waals surface area (Å²) in [6, 6.07) is 5.50. The Morgan fingerprint density at radius 1 is 1.14 bits per heavy atom. The molecule has 0 aliphatic carbocycles. The number of hydrogen-bond donors (Lipinski definition) is 1. The molecule has 0 saturated carbocycles. The molecule has 0 fully saturated rings. The van der Waals surface area contributed by atoms with Gasteiger partial charge in [0.2, 0.25) is 16.2 Å². The van der Waals surface area contributed by atoms with Gasteiger partial charge in [-0.15, -0.1) is 0 Å². The fraction of sp³-hybridized carbons (Fsp3) is 0.0833. The molecule has 0 bridgehead atoms.